The smallest absolute Gasteiger partial charge is 0.242 e. The third kappa shape index (κ3) is 6.42. The number of aryl methyl sites for hydroxylation is 1. The maximum atomic E-state index is 13.4. The Kier molecular flexibility index (Phi) is 8.46. The quantitative estimate of drug-likeness (QED) is 0.413. The Morgan fingerprint density at radius 3 is 2.44 bits per heavy atom. The SMILES string of the molecule is CC(C)CNC(=O)[C@H](C)N(Cc1cccc(Br)c1)C(=O)CCc1cccc2ccccc12. The minimum atomic E-state index is -0.548. The summed E-state index contributed by atoms with van der Waals surface area (Å²) in [6.07, 6.45) is 0.985. The Labute approximate surface area is 199 Å². The van der Waals surface area contributed by atoms with Crippen LogP contribution >= 0.6 is 15.9 Å². The fraction of sp³-hybridized carbons (Fsp3) is 0.333. The number of carbonyl (C=O) groups excluding carboxylic acids is 2. The molecular weight excluding hydrogens is 464 g/mol. The third-order valence-corrected chi connectivity index (χ3v) is 6.08. The first-order valence-electron chi connectivity index (χ1n) is 11.1. The van der Waals surface area contributed by atoms with Crippen LogP contribution < -0.4 is 5.32 Å². The summed E-state index contributed by atoms with van der Waals surface area (Å²) in [5, 5.41) is 5.31. The van der Waals surface area contributed by atoms with Crippen molar-refractivity contribution in [3.8, 4) is 0 Å². The van der Waals surface area contributed by atoms with Crippen LogP contribution in [0.1, 0.15) is 38.3 Å². The van der Waals surface area contributed by atoms with E-state index in [1.54, 1.807) is 4.90 Å². The first kappa shape index (κ1) is 24.0. The van der Waals surface area contributed by atoms with Gasteiger partial charge < -0.3 is 10.2 Å². The number of amides is 2. The molecule has 168 valence electrons. The molecule has 0 aromatic heterocycles. The van der Waals surface area contributed by atoms with Crippen molar-refractivity contribution in [1.29, 1.82) is 0 Å². The Morgan fingerprint density at radius 1 is 0.969 bits per heavy atom. The van der Waals surface area contributed by atoms with Crippen molar-refractivity contribution in [2.45, 2.75) is 46.2 Å². The summed E-state index contributed by atoms with van der Waals surface area (Å²) < 4.78 is 0.954. The molecule has 3 rings (SSSR count). The molecule has 0 aliphatic rings. The van der Waals surface area contributed by atoms with Crippen molar-refractivity contribution >= 4 is 38.5 Å². The van der Waals surface area contributed by atoms with E-state index >= 15 is 0 Å². The van der Waals surface area contributed by atoms with Crippen LogP contribution in [-0.4, -0.2) is 29.3 Å². The van der Waals surface area contributed by atoms with Crippen LogP contribution in [-0.2, 0) is 22.6 Å². The average Bonchev–Trinajstić information content (AvgIpc) is 2.79. The van der Waals surface area contributed by atoms with Gasteiger partial charge in [0.1, 0.15) is 6.04 Å². The van der Waals surface area contributed by atoms with Crippen LogP contribution in [0.4, 0.5) is 0 Å². The van der Waals surface area contributed by atoms with Crippen molar-refractivity contribution < 1.29 is 9.59 Å². The molecule has 0 saturated carbocycles. The highest BCUT2D eigenvalue weighted by molar-refractivity contribution is 9.10. The molecular formula is C27H31BrN2O2. The minimum absolute atomic E-state index is 0.0230. The van der Waals surface area contributed by atoms with E-state index in [-0.39, 0.29) is 11.8 Å². The van der Waals surface area contributed by atoms with Crippen molar-refractivity contribution in [2.24, 2.45) is 5.92 Å². The molecule has 0 heterocycles. The van der Waals surface area contributed by atoms with Gasteiger partial charge in [0.05, 0.1) is 0 Å². The predicted molar refractivity (Wildman–Crippen MR) is 134 cm³/mol. The first-order chi connectivity index (χ1) is 15.3. The second-order valence-corrected chi connectivity index (χ2v) is 9.52. The summed E-state index contributed by atoms with van der Waals surface area (Å²) in [7, 11) is 0. The third-order valence-electron chi connectivity index (χ3n) is 5.58. The van der Waals surface area contributed by atoms with E-state index in [0.29, 0.717) is 31.8 Å². The van der Waals surface area contributed by atoms with Crippen LogP contribution in [0.25, 0.3) is 10.8 Å². The summed E-state index contributed by atoms with van der Waals surface area (Å²) in [5.74, 6) is 0.212. The number of rotatable bonds is 9. The fourth-order valence-electron chi connectivity index (χ4n) is 3.76. The van der Waals surface area contributed by atoms with Gasteiger partial charge in [0, 0.05) is 24.0 Å². The monoisotopic (exact) mass is 494 g/mol. The lowest BCUT2D eigenvalue weighted by Gasteiger charge is -2.29. The summed E-state index contributed by atoms with van der Waals surface area (Å²) in [6.45, 7) is 6.91. The van der Waals surface area contributed by atoms with Gasteiger partial charge in [0.2, 0.25) is 11.8 Å². The number of hydrogen-bond donors (Lipinski definition) is 1. The minimum Gasteiger partial charge on any atom is -0.354 e. The standard InChI is InChI=1S/C27H31BrN2O2/c1-19(2)17-29-27(32)20(3)30(18-21-8-6-12-24(28)16-21)26(31)15-14-23-11-7-10-22-9-4-5-13-25(22)23/h4-13,16,19-20H,14-15,17-18H2,1-3H3,(H,29,32)/t20-/m0/s1. The first-order valence-corrected chi connectivity index (χ1v) is 11.9. The lowest BCUT2D eigenvalue weighted by molar-refractivity contribution is -0.140. The topological polar surface area (TPSA) is 49.4 Å². The molecule has 0 saturated heterocycles. The number of nitrogens with zero attached hydrogens (tertiary/aromatic N) is 1. The highest BCUT2D eigenvalue weighted by Gasteiger charge is 2.26. The number of hydrogen-bond acceptors (Lipinski definition) is 2. The van der Waals surface area contributed by atoms with Gasteiger partial charge in [0.15, 0.2) is 0 Å². The van der Waals surface area contributed by atoms with Gasteiger partial charge in [0.25, 0.3) is 0 Å². The molecule has 0 aliphatic carbocycles. The van der Waals surface area contributed by atoms with E-state index in [0.717, 1.165) is 15.6 Å². The second kappa shape index (κ2) is 11.3. The molecule has 0 fully saturated rings. The fourth-order valence-corrected chi connectivity index (χ4v) is 4.21. The van der Waals surface area contributed by atoms with Gasteiger partial charge in [-0.05, 0) is 53.3 Å². The zero-order valence-corrected chi connectivity index (χ0v) is 20.6. The molecule has 5 heteroatoms. The number of nitrogens with one attached hydrogen (secondary N) is 1. The molecule has 0 unspecified atom stereocenters. The van der Waals surface area contributed by atoms with Gasteiger partial charge in [-0.2, -0.15) is 0 Å². The van der Waals surface area contributed by atoms with E-state index < -0.39 is 6.04 Å². The molecule has 4 nitrogen and oxygen atoms in total. The van der Waals surface area contributed by atoms with E-state index in [1.165, 1.54) is 10.8 Å². The average molecular weight is 495 g/mol. The number of carbonyl (C=O) groups is 2. The zero-order chi connectivity index (χ0) is 23.1. The predicted octanol–water partition coefficient (Wildman–Crippen LogP) is 5.72. The Bertz CT molecular complexity index is 1070. The van der Waals surface area contributed by atoms with Crippen molar-refractivity contribution in [3.63, 3.8) is 0 Å². The molecule has 3 aromatic rings. The molecule has 1 atom stereocenters. The maximum absolute atomic E-state index is 13.4. The molecule has 1 N–H and O–H groups in total. The van der Waals surface area contributed by atoms with Gasteiger partial charge in [-0.3, -0.25) is 9.59 Å². The molecule has 0 aliphatic heterocycles. The maximum Gasteiger partial charge on any atom is 0.242 e. The van der Waals surface area contributed by atoms with Crippen LogP contribution in [0.5, 0.6) is 0 Å². The zero-order valence-electron chi connectivity index (χ0n) is 19.0. The van der Waals surface area contributed by atoms with Gasteiger partial charge in [-0.1, -0.05) is 84.4 Å². The highest BCUT2D eigenvalue weighted by atomic mass is 79.9. The lowest BCUT2D eigenvalue weighted by atomic mass is 10.0. The molecule has 0 radical (unpaired) electrons. The Balaban J connectivity index is 1.77. The molecule has 3 aromatic carbocycles. The lowest BCUT2D eigenvalue weighted by Crippen LogP contribution is -2.48. The summed E-state index contributed by atoms with van der Waals surface area (Å²) >= 11 is 3.50. The summed E-state index contributed by atoms with van der Waals surface area (Å²) in [5.41, 5.74) is 2.14. The van der Waals surface area contributed by atoms with Gasteiger partial charge in [-0.15, -0.1) is 0 Å². The van der Waals surface area contributed by atoms with Crippen molar-refractivity contribution in [3.05, 3.63) is 82.3 Å². The Morgan fingerprint density at radius 2 is 1.69 bits per heavy atom. The van der Waals surface area contributed by atoms with E-state index in [1.807, 2.05) is 49.4 Å². The van der Waals surface area contributed by atoms with Crippen molar-refractivity contribution in [2.75, 3.05) is 6.54 Å². The molecule has 2 amide bonds. The van der Waals surface area contributed by atoms with Gasteiger partial charge in [-0.25, -0.2) is 0 Å². The van der Waals surface area contributed by atoms with Gasteiger partial charge >= 0.3 is 0 Å². The normalized spacial score (nSPS) is 12.0. The van der Waals surface area contributed by atoms with E-state index in [4.69, 9.17) is 0 Å². The van der Waals surface area contributed by atoms with Crippen LogP contribution in [0, 0.1) is 5.92 Å². The summed E-state index contributed by atoms with van der Waals surface area (Å²) in [4.78, 5) is 27.8. The highest BCUT2D eigenvalue weighted by Crippen LogP contribution is 2.21. The van der Waals surface area contributed by atoms with Crippen LogP contribution in [0.3, 0.4) is 0 Å². The largest absolute Gasteiger partial charge is 0.354 e. The van der Waals surface area contributed by atoms with Crippen LogP contribution in [0.15, 0.2) is 71.2 Å². The number of benzene rings is 3. The van der Waals surface area contributed by atoms with Crippen molar-refractivity contribution in [1.82, 2.24) is 10.2 Å². The summed E-state index contributed by atoms with van der Waals surface area (Å²) in [6, 6.07) is 21.7. The number of fused-ring (bicyclic) bond motifs is 1. The molecule has 0 bridgehead atoms. The molecule has 0 spiro atoms. The second-order valence-electron chi connectivity index (χ2n) is 8.60. The molecule has 32 heavy (non-hydrogen) atoms. The van der Waals surface area contributed by atoms with E-state index in [2.05, 4.69) is 59.4 Å². The van der Waals surface area contributed by atoms with Crippen LogP contribution in [0.2, 0.25) is 0 Å². The Hall–Kier alpha value is -2.66. The van der Waals surface area contributed by atoms with E-state index in [9.17, 15) is 9.59 Å². The number of halogens is 1.